The maximum absolute atomic E-state index is 12.4. The second-order valence-electron chi connectivity index (χ2n) is 4.65. The Morgan fingerprint density at radius 1 is 1.05 bits per heavy atom. The zero-order chi connectivity index (χ0) is 16.2. The maximum atomic E-state index is 12.4. The minimum Gasteiger partial charge on any atom is -0.481 e. The molecular formula is C16H14F3NO2. The van der Waals surface area contributed by atoms with Gasteiger partial charge < -0.3 is 10.1 Å². The summed E-state index contributed by atoms with van der Waals surface area (Å²) in [6.45, 7) is 0.936. The second-order valence-corrected chi connectivity index (χ2v) is 4.65. The number of nitrogens with one attached hydrogen (secondary N) is 1. The van der Waals surface area contributed by atoms with E-state index in [1.807, 2.05) is 0 Å². The zero-order valence-corrected chi connectivity index (χ0v) is 11.7. The van der Waals surface area contributed by atoms with Crippen LogP contribution in [0.5, 0.6) is 5.75 Å². The molecule has 1 atom stereocenters. The van der Waals surface area contributed by atoms with Gasteiger partial charge in [0.2, 0.25) is 0 Å². The summed E-state index contributed by atoms with van der Waals surface area (Å²) in [7, 11) is 0. The molecule has 2 aromatic carbocycles. The molecule has 2 aromatic rings. The zero-order valence-electron chi connectivity index (χ0n) is 11.7. The van der Waals surface area contributed by atoms with Gasteiger partial charge in [-0.05, 0) is 43.3 Å². The summed E-state index contributed by atoms with van der Waals surface area (Å²) in [6.07, 6.45) is -6.31. The van der Waals surface area contributed by atoms with Gasteiger partial charge in [0.1, 0.15) is 5.75 Å². The van der Waals surface area contributed by atoms with Crippen molar-refractivity contribution in [3.8, 4) is 5.75 Å². The number of benzene rings is 2. The van der Waals surface area contributed by atoms with Gasteiger partial charge in [0.25, 0.3) is 5.91 Å². The molecule has 0 fully saturated rings. The molecule has 6 heteroatoms. The van der Waals surface area contributed by atoms with E-state index >= 15 is 0 Å². The third-order valence-corrected chi connectivity index (χ3v) is 2.92. The standard InChI is InChI=1S/C16H14F3NO2/c1-11(16(17,18)19)22-14-9-7-13(8-10-14)20-15(21)12-5-3-2-4-6-12/h2-11H,1H3,(H,20,21). The first-order chi connectivity index (χ1) is 10.4. The molecule has 0 aliphatic carbocycles. The fourth-order valence-electron chi connectivity index (χ4n) is 1.68. The molecule has 0 aliphatic rings. The van der Waals surface area contributed by atoms with Crippen molar-refractivity contribution >= 4 is 11.6 Å². The van der Waals surface area contributed by atoms with Crippen molar-refractivity contribution in [2.75, 3.05) is 5.32 Å². The first-order valence-electron chi connectivity index (χ1n) is 6.56. The quantitative estimate of drug-likeness (QED) is 0.916. The number of amides is 1. The van der Waals surface area contributed by atoms with E-state index < -0.39 is 12.3 Å². The highest BCUT2D eigenvalue weighted by molar-refractivity contribution is 6.04. The van der Waals surface area contributed by atoms with Gasteiger partial charge in [0.05, 0.1) is 0 Å². The highest BCUT2D eigenvalue weighted by Gasteiger charge is 2.37. The number of rotatable bonds is 4. The normalized spacial score (nSPS) is 12.5. The molecule has 0 saturated heterocycles. The molecular weight excluding hydrogens is 295 g/mol. The largest absolute Gasteiger partial charge is 0.481 e. The summed E-state index contributed by atoms with van der Waals surface area (Å²) < 4.78 is 42.0. The second kappa shape index (κ2) is 6.51. The number of hydrogen-bond donors (Lipinski definition) is 1. The number of anilines is 1. The molecule has 3 nitrogen and oxygen atoms in total. The lowest BCUT2D eigenvalue weighted by molar-refractivity contribution is -0.189. The van der Waals surface area contributed by atoms with Crippen LogP contribution in [0.2, 0.25) is 0 Å². The van der Waals surface area contributed by atoms with E-state index in [9.17, 15) is 18.0 Å². The predicted octanol–water partition coefficient (Wildman–Crippen LogP) is 4.27. The van der Waals surface area contributed by atoms with Gasteiger partial charge in [-0.3, -0.25) is 4.79 Å². The van der Waals surface area contributed by atoms with Crippen LogP contribution >= 0.6 is 0 Å². The van der Waals surface area contributed by atoms with Crippen molar-refractivity contribution in [2.24, 2.45) is 0 Å². The Morgan fingerprint density at radius 2 is 1.64 bits per heavy atom. The third-order valence-electron chi connectivity index (χ3n) is 2.92. The number of halogens is 3. The van der Waals surface area contributed by atoms with Crippen LogP contribution in [0.3, 0.4) is 0 Å². The lowest BCUT2D eigenvalue weighted by atomic mass is 10.2. The van der Waals surface area contributed by atoms with Gasteiger partial charge in [-0.25, -0.2) is 0 Å². The summed E-state index contributed by atoms with van der Waals surface area (Å²) >= 11 is 0. The van der Waals surface area contributed by atoms with Gasteiger partial charge in [0, 0.05) is 11.3 Å². The van der Waals surface area contributed by atoms with Crippen molar-refractivity contribution in [3.63, 3.8) is 0 Å². The Labute approximate surface area is 125 Å². The minimum absolute atomic E-state index is 0.0857. The minimum atomic E-state index is -4.42. The van der Waals surface area contributed by atoms with Crippen molar-refractivity contribution in [1.29, 1.82) is 0 Å². The van der Waals surface area contributed by atoms with E-state index in [1.54, 1.807) is 30.3 Å². The molecule has 0 aromatic heterocycles. The molecule has 1 unspecified atom stereocenters. The molecule has 0 aliphatic heterocycles. The molecule has 1 amide bonds. The van der Waals surface area contributed by atoms with Crippen LogP contribution in [0.4, 0.5) is 18.9 Å². The summed E-state index contributed by atoms with van der Waals surface area (Å²) in [5.41, 5.74) is 0.967. The smallest absolute Gasteiger partial charge is 0.425 e. The van der Waals surface area contributed by atoms with Crippen molar-refractivity contribution in [2.45, 2.75) is 19.2 Å². The summed E-state index contributed by atoms with van der Waals surface area (Å²) in [5.74, 6) is -0.208. The van der Waals surface area contributed by atoms with Crippen molar-refractivity contribution in [1.82, 2.24) is 0 Å². The Hall–Kier alpha value is -2.50. The lowest BCUT2D eigenvalue weighted by Crippen LogP contribution is -2.31. The summed E-state index contributed by atoms with van der Waals surface area (Å²) in [5, 5.41) is 2.65. The molecule has 1 N–H and O–H groups in total. The number of alkyl halides is 3. The van der Waals surface area contributed by atoms with E-state index in [-0.39, 0.29) is 11.7 Å². The average molecular weight is 309 g/mol. The fraction of sp³-hybridized carbons (Fsp3) is 0.188. The van der Waals surface area contributed by atoms with Crippen LogP contribution in [0.15, 0.2) is 54.6 Å². The molecule has 0 bridgehead atoms. The fourth-order valence-corrected chi connectivity index (χ4v) is 1.68. The molecule has 0 radical (unpaired) electrons. The van der Waals surface area contributed by atoms with Crippen LogP contribution in [0.25, 0.3) is 0 Å². The Balaban J connectivity index is 1.99. The molecule has 0 saturated carbocycles. The third kappa shape index (κ3) is 4.25. The predicted molar refractivity (Wildman–Crippen MR) is 77.0 cm³/mol. The molecule has 0 heterocycles. The highest BCUT2D eigenvalue weighted by Crippen LogP contribution is 2.25. The van der Waals surface area contributed by atoms with Gasteiger partial charge in [-0.1, -0.05) is 18.2 Å². The lowest BCUT2D eigenvalue weighted by Gasteiger charge is -2.17. The van der Waals surface area contributed by atoms with Gasteiger partial charge in [0.15, 0.2) is 6.10 Å². The molecule has 22 heavy (non-hydrogen) atoms. The van der Waals surface area contributed by atoms with Crippen LogP contribution in [-0.2, 0) is 0 Å². The SMILES string of the molecule is CC(Oc1ccc(NC(=O)c2ccccc2)cc1)C(F)(F)F. The summed E-state index contributed by atoms with van der Waals surface area (Å²) in [6, 6.07) is 14.3. The molecule has 116 valence electrons. The Morgan fingerprint density at radius 3 is 2.18 bits per heavy atom. The van der Waals surface area contributed by atoms with Gasteiger partial charge in [-0.2, -0.15) is 13.2 Å². The topological polar surface area (TPSA) is 38.3 Å². The van der Waals surface area contributed by atoms with E-state index in [2.05, 4.69) is 5.32 Å². The van der Waals surface area contributed by atoms with Crippen LogP contribution in [-0.4, -0.2) is 18.2 Å². The van der Waals surface area contributed by atoms with Crippen molar-refractivity contribution < 1.29 is 22.7 Å². The summed E-state index contributed by atoms with van der Waals surface area (Å²) in [4.78, 5) is 11.9. The number of carbonyl (C=O) groups is 1. The molecule has 2 rings (SSSR count). The number of hydrogen-bond acceptors (Lipinski definition) is 2. The first-order valence-corrected chi connectivity index (χ1v) is 6.56. The Kier molecular flexibility index (Phi) is 4.70. The monoisotopic (exact) mass is 309 g/mol. The van der Waals surface area contributed by atoms with E-state index in [0.29, 0.717) is 11.3 Å². The highest BCUT2D eigenvalue weighted by atomic mass is 19.4. The van der Waals surface area contributed by atoms with Crippen LogP contribution in [0, 0.1) is 0 Å². The van der Waals surface area contributed by atoms with Gasteiger partial charge in [-0.15, -0.1) is 0 Å². The number of carbonyl (C=O) groups excluding carboxylic acids is 1. The average Bonchev–Trinajstić information content (AvgIpc) is 2.49. The van der Waals surface area contributed by atoms with Crippen LogP contribution in [0.1, 0.15) is 17.3 Å². The first kappa shape index (κ1) is 15.9. The van der Waals surface area contributed by atoms with E-state index in [0.717, 1.165) is 6.92 Å². The molecule has 0 spiro atoms. The van der Waals surface area contributed by atoms with Crippen LogP contribution < -0.4 is 10.1 Å². The van der Waals surface area contributed by atoms with E-state index in [4.69, 9.17) is 4.74 Å². The van der Waals surface area contributed by atoms with E-state index in [1.165, 1.54) is 24.3 Å². The van der Waals surface area contributed by atoms with Gasteiger partial charge >= 0.3 is 6.18 Å². The maximum Gasteiger partial charge on any atom is 0.425 e. The number of ether oxygens (including phenoxy) is 1. The Bertz CT molecular complexity index is 624. The van der Waals surface area contributed by atoms with Crippen molar-refractivity contribution in [3.05, 3.63) is 60.2 Å².